The molecule has 0 fully saturated rings. The van der Waals surface area contributed by atoms with Crippen molar-refractivity contribution in [1.82, 2.24) is 0 Å². The number of hydrogen-bond acceptors (Lipinski definition) is 4. The molecular formula is C23H29NO4. The van der Waals surface area contributed by atoms with Gasteiger partial charge in [-0.2, -0.15) is 0 Å². The Morgan fingerprint density at radius 1 is 1.25 bits per heavy atom. The van der Waals surface area contributed by atoms with Crippen LogP contribution < -0.4 is 15.2 Å². The minimum Gasteiger partial charge on any atom is -0.496 e. The molecule has 150 valence electrons. The van der Waals surface area contributed by atoms with Gasteiger partial charge in [0.1, 0.15) is 17.6 Å². The molecule has 5 nitrogen and oxygen atoms in total. The van der Waals surface area contributed by atoms with Crippen molar-refractivity contribution in [3.05, 3.63) is 47.5 Å². The average molecular weight is 383 g/mol. The van der Waals surface area contributed by atoms with Gasteiger partial charge >= 0.3 is 6.09 Å². The maximum atomic E-state index is 11.4. The molecule has 1 amide bonds. The molecule has 0 saturated heterocycles. The lowest BCUT2D eigenvalue weighted by Gasteiger charge is -2.26. The fraction of sp³-hybridized carbons (Fsp3) is 0.435. The topological polar surface area (TPSA) is 70.8 Å². The third kappa shape index (κ3) is 4.08. The molecule has 2 aromatic rings. The monoisotopic (exact) mass is 383 g/mol. The summed E-state index contributed by atoms with van der Waals surface area (Å²) in [6.07, 6.45) is -0.353. The Morgan fingerprint density at radius 3 is 2.64 bits per heavy atom. The zero-order valence-corrected chi connectivity index (χ0v) is 17.2. The van der Waals surface area contributed by atoms with Gasteiger partial charge in [-0.05, 0) is 53.3 Å². The molecule has 28 heavy (non-hydrogen) atoms. The van der Waals surface area contributed by atoms with Crippen LogP contribution in [0.15, 0.2) is 36.4 Å². The first-order valence-corrected chi connectivity index (χ1v) is 9.61. The van der Waals surface area contributed by atoms with E-state index in [-0.39, 0.29) is 11.5 Å². The summed E-state index contributed by atoms with van der Waals surface area (Å²) < 4.78 is 17.0. The highest BCUT2D eigenvalue weighted by Gasteiger charge is 2.42. The molecule has 1 aliphatic rings. The summed E-state index contributed by atoms with van der Waals surface area (Å²) in [6, 6.07) is 12.1. The molecule has 1 aliphatic carbocycles. The van der Waals surface area contributed by atoms with E-state index in [9.17, 15) is 4.79 Å². The second-order valence-corrected chi connectivity index (χ2v) is 8.47. The number of carbonyl (C=O) groups excluding carboxylic acids is 1. The third-order valence-electron chi connectivity index (χ3n) is 5.06. The van der Waals surface area contributed by atoms with Crippen LogP contribution in [0.3, 0.4) is 0 Å². The fourth-order valence-corrected chi connectivity index (χ4v) is 3.79. The number of carbonyl (C=O) groups is 1. The molecule has 0 spiro atoms. The fourth-order valence-electron chi connectivity index (χ4n) is 3.79. The Kier molecular flexibility index (Phi) is 5.54. The first-order valence-electron chi connectivity index (χ1n) is 9.61. The normalized spacial score (nSPS) is 17.3. The zero-order valence-electron chi connectivity index (χ0n) is 17.2. The van der Waals surface area contributed by atoms with Gasteiger partial charge in [-0.3, -0.25) is 0 Å². The van der Waals surface area contributed by atoms with Crippen LogP contribution in [-0.2, 0) is 11.2 Å². The van der Waals surface area contributed by atoms with E-state index < -0.39 is 6.09 Å². The number of rotatable bonds is 6. The molecule has 0 saturated carbocycles. The van der Waals surface area contributed by atoms with Gasteiger partial charge < -0.3 is 19.9 Å². The van der Waals surface area contributed by atoms with E-state index in [1.54, 1.807) is 7.11 Å². The lowest BCUT2D eigenvalue weighted by molar-refractivity contribution is 0.0391. The average Bonchev–Trinajstić information content (AvgIpc) is 2.88. The number of fused-ring (bicyclic) bond motifs is 1. The third-order valence-corrected chi connectivity index (χ3v) is 5.06. The van der Waals surface area contributed by atoms with Gasteiger partial charge in [0.15, 0.2) is 0 Å². The maximum Gasteiger partial charge on any atom is 0.405 e. The minimum atomic E-state index is -0.760. The van der Waals surface area contributed by atoms with Crippen LogP contribution >= 0.6 is 0 Å². The SMILES string of the molecule is COc1cc2c(cc1-c1cccc(OCC(C)C)c1)CC(C)(C)C2OC(N)=O. The molecule has 0 radical (unpaired) electrons. The quantitative estimate of drug-likeness (QED) is 0.752. The maximum absolute atomic E-state index is 11.4. The number of ether oxygens (including phenoxy) is 3. The van der Waals surface area contributed by atoms with Gasteiger partial charge in [0.2, 0.25) is 0 Å². The predicted molar refractivity (Wildman–Crippen MR) is 110 cm³/mol. The van der Waals surface area contributed by atoms with Gasteiger partial charge in [0, 0.05) is 11.0 Å². The van der Waals surface area contributed by atoms with Crippen LogP contribution in [-0.4, -0.2) is 19.8 Å². The van der Waals surface area contributed by atoms with E-state index in [4.69, 9.17) is 19.9 Å². The van der Waals surface area contributed by atoms with Crippen molar-refractivity contribution < 1.29 is 19.0 Å². The van der Waals surface area contributed by atoms with E-state index in [1.165, 1.54) is 0 Å². The molecule has 5 heteroatoms. The van der Waals surface area contributed by atoms with E-state index >= 15 is 0 Å². The zero-order chi connectivity index (χ0) is 20.5. The van der Waals surface area contributed by atoms with Crippen LogP contribution in [0.25, 0.3) is 11.1 Å². The lowest BCUT2D eigenvalue weighted by Crippen LogP contribution is -2.25. The second-order valence-electron chi connectivity index (χ2n) is 8.47. The van der Waals surface area contributed by atoms with Crippen molar-refractivity contribution in [1.29, 1.82) is 0 Å². The van der Waals surface area contributed by atoms with Crippen LogP contribution in [0.5, 0.6) is 11.5 Å². The van der Waals surface area contributed by atoms with E-state index in [1.807, 2.05) is 30.3 Å². The lowest BCUT2D eigenvalue weighted by atomic mass is 9.87. The molecule has 0 aliphatic heterocycles. The standard InChI is InChI=1S/C23H29NO4/c1-14(2)13-27-17-8-6-7-15(9-17)18-10-16-12-23(3,4)21(28-22(24)25)19(16)11-20(18)26-5/h6-11,14,21H,12-13H2,1-5H3,(H2,24,25). The van der Waals surface area contributed by atoms with Gasteiger partial charge in [-0.15, -0.1) is 0 Å². The van der Waals surface area contributed by atoms with Crippen LogP contribution in [0.4, 0.5) is 4.79 Å². The van der Waals surface area contributed by atoms with Crippen LogP contribution in [0.2, 0.25) is 0 Å². The van der Waals surface area contributed by atoms with Gasteiger partial charge in [0.05, 0.1) is 13.7 Å². The summed E-state index contributed by atoms with van der Waals surface area (Å²) in [5.74, 6) is 2.03. The highest BCUT2D eigenvalue weighted by Crippen LogP contribution is 2.50. The predicted octanol–water partition coefficient (Wildman–Crippen LogP) is 5.12. The van der Waals surface area contributed by atoms with Crippen LogP contribution in [0, 0.1) is 11.3 Å². The number of primary amides is 1. The molecule has 1 atom stereocenters. The Balaban J connectivity index is 2.01. The van der Waals surface area contributed by atoms with Gasteiger partial charge in [0.25, 0.3) is 0 Å². The van der Waals surface area contributed by atoms with Crippen molar-refractivity contribution >= 4 is 6.09 Å². The number of amides is 1. The first kappa shape index (κ1) is 20.1. The van der Waals surface area contributed by atoms with Crippen LogP contribution in [0.1, 0.15) is 44.9 Å². The molecule has 0 heterocycles. The molecule has 2 N–H and O–H groups in total. The highest BCUT2D eigenvalue weighted by molar-refractivity contribution is 5.74. The van der Waals surface area contributed by atoms with E-state index in [2.05, 4.69) is 33.8 Å². The van der Waals surface area contributed by atoms with Crippen molar-refractivity contribution in [2.24, 2.45) is 17.1 Å². The van der Waals surface area contributed by atoms with E-state index in [0.717, 1.165) is 40.2 Å². The van der Waals surface area contributed by atoms with Crippen molar-refractivity contribution in [3.8, 4) is 22.6 Å². The summed E-state index contributed by atoms with van der Waals surface area (Å²) in [5, 5.41) is 0. The molecule has 0 aromatic heterocycles. The first-order chi connectivity index (χ1) is 13.2. The highest BCUT2D eigenvalue weighted by atomic mass is 16.6. The molecule has 3 rings (SSSR count). The summed E-state index contributed by atoms with van der Waals surface area (Å²) in [6.45, 7) is 9.07. The Labute approximate surface area is 166 Å². The summed E-state index contributed by atoms with van der Waals surface area (Å²) >= 11 is 0. The number of nitrogens with two attached hydrogens (primary N) is 1. The second kappa shape index (κ2) is 7.74. The Morgan fingerprint density at radius 2 is 2.00 bits per heavy atom. The number of hydrogen-bond donors (Lipinski definition) is 1. The smallest absolute Gasteiger partial charge is 0.405 e. The number of benzene rings is 2. The van der Waals surface area contributed by atoms with Crippen molar-refractivity contribution in [2.75, 3.05) is 13.7 Å². The Bertz CT molecular complexity index is 873. The molecule has 1 unspecified atom stereocenters. The number of methoxy groups -OCH3 is 1. The molecule has 0 bridgehead atoms. The minimum absolute atomic E-state index is 0.233. The summed E-state index contributed by atoms with van der Waals surface area (Å²) in [4.78, 5) is 11.4. The summed E-state index contributed by atoms with van der Waals surface area (Å²) in [5.41, 5.74) is 9.18. The van der Waals surface area contributed by atoms with Crippen molar-refractivity contribution in [2.45, 2.75) is 40.2 Å². The van der Waals surface area contributed by atoms with Gasteiger partial charge in [-0.1, -0.05) is 39.8 Å². The van der Waals surface area contributed by atoms with E-state index in [0.29, 0.717) is 12.5 Å². The largest absolute Gasteiger partial charge is 0.496 e. The Hall–Kier alpha value is -2.69. The van der Waals surface area contributed by atoms with Gasteiger partial charge in [-0.25, -0.2) is 4.79 Å². The molecule has 2 aromatic carbocycles. The molecular weight excluding hydrogens is 354 g/mol. The van der Waals surface area contributed by atoms with Crippen molar-refractivity contribution in [3.63, 3.8) is 0 Å². The summed E-state index contributed by atoms with van der Waals surface area (Å²) in [7, 11) is 1.65.